The van der Waals surface area contributed by atoms with Gasteiger partial charge < -0.3 is 15.0 Å². The number of aryl methyl sites for hydroxylation is 1. The minimum Gasteiger partial charge on any atom is -0.497 e. The van der Waals surface area contributed by atoms with Crippen molar-refractivity contribution in [3.8, 4) is 5.75 Å². The second kappa shape index (κ2) is 13.7. The number of carbonyl (C=O) groups excluding carboxylic acids is 2. The molecule has 214 valence electrons. The second-order valence-corrected chi connectivity index (χ2v) is 11.8. The summed E-state index contributed by atoms with van der Waals surface area (Å²) in [5, 5.41) is 3.20. The van der Waals surface area contributed by atoms with Gasteiger partial charge in [-0.05, 0) is 74.7 Å². The van der Waals surface area contributed by atoms with Crippen LogP contribution in [0.3, 0.4) is 0 Å². The first-order chi connectivity index (χ1) is 19.0. The molecule has 0 fully saturated rings. The number of ether oxygens (including phenoxy) is 1. The Morgan fingerprint density at radius 1 is 1.02 bits per heavy atom. The molecule has 0 aliphatic heterocycles. The van der Waals surface area contributed by atoms with Crippen molar-refractivity contribution < 1.29 is 22.7 Å². The number of hydrogen-bond donors (Lipinski definition) is 1. The van der Waals surface area contributed by atoms with Gasteiger partial charge >= 0.3 is 0 Å². The molecule has 0 aliphatic carbocycles. The lowest BCUT2D eigenvalue weighted by atomic mass is 10.1. The summed E-state index contributed by atoms with van der Waals surface area (Å²) in [6, 6.07) is 17.6. The zero-order valence-corrected chi connectivity index (χ0v) is 25.1. The Kier molecular flexibility index (Phi) is 10.6. The van der Waals surface area contributed by atoms with Gasteiger partial charge in [0.1, 0.15) is 18.3 Å². The van der Waals surface area contributed by atoms with Crippen molar-refractivity contribution in [3.05, 3.63) is 88.4 Å². The molecule has 0 saturated heterocycles. The summed E-state index contributed by atoms with van der Waals surface area (Å²) < 4.78 is 34.3. The van der Waals surface area contributed by atoms with Gasteiger partial charge in [-0.2, -0.15) is 0 Å². The number of amides is 2. The first-order valence-electron chi connectivity index (χ1n) is 13.0. The van der Waals surface area contributed by atoms with Crippen molar-refractivity contribution in [2.24, 2.45) is 0 Å². The number of benzene rings is 3. The second-order valence-electron chi connectivity index (χ2n) is 9.55. The lowest BCUT2D eigenvalue weighted by molar-refractivity contribution is -0.139. The molecule has 0 radical (unpaired) electrons. The van der Waals surface area contributed by atoms with Crippen molar-refractivity contribution in [2.45, 2.75) is 51.6 Å². The molecule has 10 heteroatoms. The van der Waals surface area contributed by atoms with Gasteiger partial charge in [0.05, 0.1) is 17.7 Å². The first kappa shape index (κ1) is 31.0. The SMILES string of the molecule is CCCNC(=O)[C@H](C)N(Cc1cccc(OC)c1)C(=O)CN(c1cccc(Cl)c1C)S(=O)(=O)c1ccc(C)cc1. The summed E-state index contributed by atoms with van der Waals surface area (Å²) >= 11 is 6.37. The fourth-order valence-corrected chi connectivity index (χ4v) is 5.80. The van der Waals surface area contributed by atoms with Crippen LogP contribution in [0.2, 0.25) is 5.02 Å². The summed E-state index contributed by atoms with van der Waals surface area (Å²) in [5.41, 5.74) is 2.43. The molecule has 0 unspecified atom stereocenters. The van der Waals surface area contributed by atoms with E-state index in [9.17, 15) is 18.0 Å². The third-order valence-electron chi connectivity index (χ3n) is 6.60. The molecule has 40 heavy (non-hydrogen) atoms. The van der Waals surface area contributed by atoms with Crippen LogP contribution in [0.25, 0.3) is 0 Å². The van der Waals surface area contributed by atoms with Crippen LogP contribution in [0.1, 0.15) is 37.0 Å². The molecular weight excluding hydrogens is 550 g/mol. The largest absolute Gasteiger partial charge is 0.497 e. The molecule has 0 bridgehead atoms. The van der Waals surface area contributed by atoms with Crippen LogP contribution in [0, 0.1) is 13.8 Å². The number of anilines is 1. The van der Waals surface area contributed by atoms with E-state index in [0.717, 1.165) is 21.9 Å². The molecule has 3 aromatic carbocycles. The Morgan fingerprint density at radius 3 is 2.35 bits per heavy atom. The maximum Gasteiger partial charge on any atom is 0.264 e. The van der Waals surface area contributed by atoms with Crippen molar-refractivity contribution in [1.82, 2.24) is 10.2 Å². The van der Waals surface area contributed by atoms with Gasteiger partial charge in [-0.3, -0.25) is 13.9 Å². The van der Waals surface area contributed by atoms with Crippen molar-refractivity contribution >= 4 is 39.1 Å². The molecule has 8 nitrogen and oxygen atoms in total. The molecule has 1 atom stereocenters. The fourth-order valence-electron chi connectivity index (χ4n) is 4.16. The molecular formula is C30H36ClN3O5S. The van der Waals surface area contributed by atoms with Gasteiger partial charge in [0.15, 0.2) is 0 Å². The maximum atomic E-state index is 14.0. The van der Waals surface area contributed by atoms with Crippen LogP contribution in [0.15, 0.2) is 71.6 Å². The maximum absolute atomic E-state index is 14.0. The number of nitrogens with one attached hydrogen (secondary N) is 1. The lowest BCUT2D eigenvalue weighted by Crippen LogP contribution is -2.51. The van der Waals surface area contributed by atoms with Crippen LogP contribution in [-0.2, 0) is 26.2 Å². The number of carbonyl (C=O) groups is 2. The molecule has 0 heterocycles. The number of rotatable bonds is 12. The number of methoxy groups -OCH3 is 1. The number of halogens is 1. The van der Waals surface area contributed by atoms with E-state index in [1.807, 2.05) is 19.9 Å². The minimum absolute atomic E-state index is 0.0401. The third-order valence-corrected chi connectivity index (χ3v) is 8.78. The average Bonchev–Trinajstić information content (AvgIpc) is 2.94. The zero-order chi connectivity index (χ0) is 29.4. The zero-order valence-electron chi connectivity index (χ0n) is 23.5. The van der Waals surface area contributed by atoms with Crippen LogP contribution in [-0.4, -0.2) is 51.4 Å². The standard InChI is InChI=1S/C30H36ClN3O5S/c1-6-17-32-30(36)23(4)33(19-24-9-7-10-25(18-24)39-5)29(35)20-34(28-12-8-11-27(31)22(28)3)40(37,38)26-15-13-21(2)14-16-26/h7-16,18,23H,6,17,19-20H2,1-5H3,(H,32,36)/t23-/m0/s1. The first-order valence-corrected chi connectivity index (χ1v) is 14.9. The topological polar surface area (TPSA) is 96.0 Å². The van der Waals surface area contributed by atoms with E-state index in [2.05, 4.69) is 5.32 Å². The van der Waals surface area contributed by atoms with Gasteiger partial charge in [0.2, 0.25) is 11.8 Å². The van der Waals surface area contributed by atoms with Crippen molar-refractivity contribution in [3.63, 3.8) is 0 Å². The molecule has 3 aromatic rings. The van der Waals surface area contributed by atoms with Gasteiger partial charge in [-0.1, -0.05) is 54.4 Å². The lowest BCUT2D eigenvalue weighted by Gasteiger charge is -2.32. The van der Waals surface area contributed by atoms with E-state index in [4.69, 9.17) is 16.3 Å². The summed E-state index contributed by atoms with van der Waals surface area (Å²) in [4.78, 5) is 28.4. The Hall–Kier alpha value is -3.56. The predicted octanol–water partition coefficient (Wildman–Crippen LogP) is 5.10. The summed E-state index contributed by atoms with van der Waals surface area (Å²) in [5.74, 6) is -0.270. The highest BCUT2D eigenvalue weighted by molar-refractivity contribution is 7.92. The van der Waals surface area contributed by atoms with Gasteiger partial charge in [-0.15, -0.1) is 0 Å². The number of nitrogens with zero attached hydrogens (tertiary/aromatic N) is 2. The molecule has 3 rings (SSSR count). The molecule has 0 spiro atoms. The van der Waals surface area contributed by atoms with E-state index in [0.29, 0.717) is 22.9 Å². The molecule has 0 saturated carbocycles. The molecule has 2 amide bonds. The van der Waals surface area contributed by atoms with E-state index in [1.54, 1.807) is 69.5 Å². The van der Waals surface area contributed by atoms with E-state index >= 15 is 0 Å². The Morgan fingerprint density at radius 2 is 1.70 bits per heavy atom. The minimum atomic E-state index is -4.18. The molecule has 1 N–H and O–H groups in total. The van der Waals surface area contributed by atoms with Gasteiger partial charge in [-0.25, -0.2) is 8.42 Å². The van der Waals surface area contributed by atoms with E-state index in [-0.39, 0.29) is 23.0 Å². The van der Waals surface area contributed by atoms with Crippen LogP contribution < -0.4 is 14.4 Å². The Bertz CT molecular complexity index is 1440. The van der Waals surface area contributed by atoms with E-state index in [1.165, 1.54) is 17.0 Å². The highest BCUT2D eigenvalue weighted by Crippen LogP contribution is 2.31. The van der Waals surface area contributed by atoms with E-state index < -0.39 is 28.5 Å². The van der Waals surface area contributed by atoms with Gasteiger partial charge in [0.25, 0.3) is 10.0 Å². The quantitative estimate of drug-likeness (QED) is 0.319. The molecule has 0 aromatic heterocycles. The highest BCUT2D eigenvalue weighted by atomic mass is 35.5. The smallest absolute Gasteiger partial charge is 0.264 e. The normalized spacial score (nSPS) is 11.9. The predicted molar refractivity (Wildman–Crippen MR) is 158 cm³/mol. The summed E-state index contributed by atoms with van der Waals surface area (Å²) in [7, 11) is -2.63. The average molecular weight is 586 g/mol. The molecule has 0 aliphatic rings. The Labute approximate surface area is 241 Å². The van der Waals surface area contributed by atoms with Crippen molar-refractivity contribution in [1.29, 1.82) is 0 Å². The monoisotopic (exact) mass is 585 g/mol. The number of sulfonamides is 1. The summed E-state index contributed by atoms with van der Waals surface area (Å²) in [6.07, 6.45) is 0.735. The Balaban J connectivity index is 2.07. The van der Waals surface area contributed by atoms with Crippen LogP contribution in [0.4, 0.5) is 5.69 Å². The third kappa shape index (κ3) is 7.34. The van der Waals surface area contributed by atoms with Crippen LogP contribution in [0.5, 0.6) is 5.75 Å². The van der Waals surface area contributed by atoms with Crippen molar-refractivity contribution in [2.75, 3.05) is 24.5 Å². The fraction of sp³-hybridized carbons (Fsp3) is 0.333. The number of hydrogen-bond acceptors (Lipinski definition) is 5. The summed E-state index contributed by atoms with van der Waals surface area (Å²) in [6.45, 7) is 7.13. The van der Waals surface area contributed by atoms with Gasteiger partial charge in [0, 0.05) is 18.1 Å². The van der Waals surface area contributed by atoms with Crippen LogP contribution >= 0.6 is 11.6 Å². The highest BCUT2D eigenvalue weighted by Gasteiger charge is 2.33.